The molecule has 9 nitrogen and oxygen atoms in total. The van der Waals surface area contributed by atoms with E-state index in [9.17, 15) is 19.2 Å². The quantitative estimate of drug-likeness (QED) is 0.136. The van der Waals surface area contributed by atoms with Gasteiger partial charge in [-0.2, -0.15) is 0 Å². The zero-order valence-electron chi connectivity index (χ0n) is 24.4. The minimum absolute atomic E-state index is 0.0332. The maximum atomic E-state index is 13.2. The van der Waals surface area contributed by atoms with E-state index in [4.69, 9.17) is 9.47 Å². The second kappa shape index (κ2) is 14.9. The van der Waals surface area contributed by atoms with E-state index in [0.717, 1.165) is 20.1 Å². The first-order valence-corrected chi connectivity index (χ1v) is 17.2. The van der Waals surface area contributed by atoms with Crippen molar-refractivity contribution in [2.75, 3.05) is 23.8 Å². The molecule has 0 saturated carbocycles. The van der Waals surface area contributed by atoms with Crippen molar-refractivity contribution in [1.29, 1.82) is 0 Å². The number of hydrogen-bond donors (Lipinski definition) is 2. The Labute approximate surface area is 289 Å². The number of aromatic nitrogens is 1. The van der Waals surface area contributed by atoms with Crippen LogP contribution in [0.5, 0.6) is 0 Å². The van der Waals surface area contributed by atoms with Crippen LogP contribution in [0.25, 0.3) is 22.3 Å². The number of esters is 2. The Morgan fingerprint density at radius 2 is 1.13 bits per heavy atom. The van der Waals surface area contributed by atoms with E-state index in [1.165, 1.54) is 41.0 Å². The summed E-state index contributed by atoms with van der Waals surface area (Å²) in [5, 5.41) is 9.76. The molecule has 0 unspecified atom stereocenters. The summed E-state index contributed by atoms with van der Waals surface area (Å²) in [6.07, 6.45) is 1.27. The van der Waals surface area contributed by atoms with E-state index < -0.39 is 23.8 Å². The number of nitrogens with one attached hydrogen (secondary N) is 2. The lowest BCUT2D eigenvalue weighted by Gasteiger charge is -2.10. The SMILES string of the molecule is CCOC(=O)c1c(-c2ccc(Br)cc2)csc1NC(=O)c1ccc(C(=O)Nc2scc(-c3ccc(Br)cc3)c2C(=O)OCC)nc1. The summed E-state index contributed by atoms with van der Waals surface area (Å²) in [5.74, 6) is -2.20. The molecular weight excluding hydrogens is 758 g/mol. The number of carbonyl (C=O) groups is 4. The Hall–Kier alpha value is -4.17. The van der Waals surface area contributed by atoms with Crippen LogP contribution in [0.3, 0.4) is 0 Å². The molecule has 0 saturated heterocycles. The lowest BCUT2D eigenvalue weighted by atomic mass is 10.0. The van der Waals surface area contributed by atoms with Crippen LogP contribution >= 0.6 is 54.5 Å². The summed E-state index contributed by atoms with van der Waals surface area (Å²) in [7, 11) is 0. The van der Waals surface area contributed by atoms with Crippen molar-refractivity contribution in [2.24, 2.45) is 0 Å². The number of thiophene rings is 2. The van der Waals surface area contributed by atoms with Gasteiger partial charge < -0.3 is 20.1 Å². The second-order valence-corrected chi connectivity index (χ2v) is 13.1. The summed E-state index contributed by atoms with van der Waals surface area (Å²) in [5.41, 5.74) is 3.55. The van der Waals surface area contributed by atoms with Gasteiger partial charge >= 0.3 is 11.9 Å². The number of rotatable bonds is 10. The van der Waals surface area contributed by atoms with E-state index in [2.05, 4.69) is 47.5 Å². The normalized spacial score (nSPS) is 10.7. The zero-order valence-corrected chi connectivity index (χ0v) is 29.2. The lowest BCUT2D eigenvalue weighted by molar-refractivity contribution is 0.0519. The lowest BCUT2D eigenvalue weighted by Crippen LogP contribution is -2.18. The topological polar surface area (TPSA) is 124 Å². The molecule has 0 radical (unpaired) electrons. The summed E-state index contributed by atoms with van der Waals surface area (Å²) >= 11 is 9.22. The Bertz CT molecular complexity index is 1760. The molecule has 46 heavy (non-hydrogen) atoms. The van der Waals surface area contributed by atoms with Crippen LogP contribution in [-0.2, 0) is 9.47 Å². The highest BCUT2D eigenvalue weighted by atomic mass is 79.9. The third-order valence-corrected chi connectivity index (χ3v) is 9.41. The fraction of sp³-hybridized carbons (Fsp3) is 0.121. The number of hydrogen-bond acceptors (Lipinski definition) is 9. The van der Waals surface area contributed by atoms with Gasteiger partial charge in [0.05, 0.1) is 18.8 Å². The van der Waals surface area contributed by atoms with Gasteiger partial charge in [-0.15, -0.1) is 22.7 Å². The number of benzene rings is 2. The Morgan fingerprint density at radius 1 is 0.674 bits per heavy atom. The van der Waals surface area contributed by atoms with Crippen LogP contribution in [0.2, 0.25) is 0 Å². The third kappa shape index (κ3) is 7.44. The molecule has 0 atom stereocenters. The van der Waals surface area contributed by atoms with Crippen molar-refractivity contribution in [2.45, 2.75) is 13.8 Å². The van der Waals surface area contributed by atoms with Crippen LogP contribution in [0.1, 0.15) is 55.4 Å². The first kappa shape index (κ1) is 33.2. The van der Waals surface area contributed by atoms with Crippen molar-refractivity contribution in [1.82, 2.24) is 4.98 Å². The highest BCUT2D eigenvalue weighted by Crippen LogP contribution is 2.38. The molecule has 3 heterocycles. The molecule has 5 aromatic rings. The highest BCUT2D eigenvalue weighted by molar-refractivity contribution is 9.10. The first-order chi connectivity index (χ1) is 22.2. The number of ether oxygens (including phenoxy) is 2. The predicted molar refractivity (Wildman–Crippen MR) is 187 cm³/mol. The maximum absolute atomic E-state index is 13.2. The van der Waals surface area contributed by atoms with E-state index in [0.29, 0.717) is 21.1 Å². The zero-order chi connectivity index (χ0) is 32.8. The van der Waals surface area contributed by atoms with Gasteiger partial charge in [0.25, 0.3) is 11.8 Å². The number of amides is 2. The molecular formula is C33H25Br2N3O6S2. The average Bonchev–Trinajstić information content (AvgIpc) is 3.66. The molecule has 0 bridgehead atoms. The van der Waals surface area contributed by atoms with Crippen molar-refractivity contribution in [3.8, 4) is 22.3 Å². The predicted octanol–water partition coefficient (Wildman–Crippen LogP) is 8.92. The average molecular weight is 784 g/mol. The van der Waals surface area contributed by atoms with Gasteiger partial charge in [-0.05, 0) is 61.4 Å². The molecule has 5 rings (SSSR count). The molecule has 234 valence electrons. The van der Waals surface area contributed by atoms with E-state index in [-0.39, 0.29) is 35.6 Å². The Morgan fingerprint density at radius 3 is 1.54 bits per heavy atom. The van der Waals surface area contributed by atoms with Crippen molar-refractivity contribution in [3.05, 3.63) is 109 Å². The van der Waals surface area contributed by atoms with Gasteiger partial charge in [0.15, 0.2) is 0 Å². The molecule has 0 aliphatic heterocycles. The summed E-state index contributed by atoms with van der Waals surface area (Å²) in [6.45, 7) is 3.77. The molecule has 2 aromatic carbocycles. The molecule has 0 aliphatic carbocycles. The third-order valence-electron chi connectivity index (χ3n) is 6.56. The Balaban J connectivity index is 1.34. The van der Waals surface area contributed by atoms with Crippen LogP contribution in [-0.4, -0.2) is 42.0 Å². The molecule has 13 heteroatoms. The fourth-order valence-corrected chi connectivity index (χ4v) is 6.83. The van der Waals surface area contributed by atoms with Gasteiger partial charge in [0.2, 0.25) is 0 Å². The van der Waals surface area contributed by atoms with Crippen LogP contribution in [0.15, 0.2) is 86.6 Å². The molecule has 0 aliphatic rings. The highest BCUT2D eigenvalue weighted by Gasteiger charge is 2.25. The van der Waals surface area contributed by atoms with Gasteiger partial charge in [-0.3, -0.25) is 14.6 Å². The van der Waals surface area contributed by atoms with Crippen molar-refractivity contribution < 1.29 is 28.7 Å². The summed E-state index contributed by atoms with van der Waals surface area (Å²) < 4.78 is 12.3. The molecule has 0 spiro atoms. The largest absolute Gasteiger partial charge is 0.462 e. The van der Waals surface area contributed by atoms with E-state index >= 15 is 0 Å². The maximum Gasteiger partial charge on any atom is 0.341 e. The van der Waals surface area contributed by atoms with Crippen LogP contribution in [0.4, 0.5) is 10.0 Å². The molecule has 2 amide bonds. The number of anilines is 2. The number of carbonyl (C=O) groups excluding carboxylic acids is 4. The van der Waals surface area contributed by atoms with Gasteiger partial charge in [-0.25, -0.2) is 9.59 Å². The summed E-state index contributed by atoms with van der Waals surface area (Å²) in [6, 6.07) is 17.8. The second-order valence-electron chi connectivity index (χ2n) is 9.50. The minimum Gasteiger partial charge on any atom is -0.462 e. The molecule has 0 fully saturated rings. The minimum atomic E-state index is -0.566. The molecule has 2 N–H and O–H groups in total. The van der Waals surface area contributed by atoms with E-state index in [1.54, 1.807) is 24.6 Å². The van der Waals surface area contributed by atoms with Gasteiger partial charge in [0, 0.05) is 37.0 Å². The molecule has 3 aromatic heterocycles. The van der Waals surface area contributed by atoms with Crippen LogP contribution < -0.4 is 10.6 Å². The smallest absolute Gasteiger partial charge is 0.341 e. The number of pyridine rings is 1. The first-order valence-electron chi connectivity index (χ1n) is 13.9. The monoisotopic (exact) mass is 781 g/mol. The number of halogens is 2. The van der Waals surface area contributed by atoms with Crippen LogP contribution in [0, 0.1) is 0 Å². The summed E-state index contributed by atoms with van der Waals surface area (Å²) in [4.78, 5) is 56.4. The van der Waals surface area contributed by atoms with Crippen molar-refractivity contribution >= 4 is 88.3 Å². The Kier molecular flexibility index (Phi) is 10.8. The van der Waals surface area contributed by atoms with Crippen molar-refractivity contribution in [3.63, 3.8) is 0 Å². The van der Waals surface area contributed by atoms with Gasteiger partial charge in [0.1, 0.15) is 26.8 Å². The van der Waals surface area contributed by atoms with Gasteiger partial charge in [-0.1, -0.05) is 56.1 Å². The standard InChI is InChI=1S/C33H25Br2N3O6S2/c1-3-43-32(41)26-23(18-5-10-21(34)11-6-18)16-45-30(26)37-28(39)20-9-14-25(36-15-20)29(40)38-31-27(33(42)44-4-2)24(17-46-31)19-7-12-22(35)13-8-19/h5-17H,3-4H2,1-2H3,(H,37,39)(H,38,40). The number of nitrogens with zero attached hydrogens (tertiary/aromatic N) is 1. The van der Waals surface area contributed by atoms with E-state index in [1.807, 2.05) is 48.5 Å². The fourth-order valence-electron chi connectivity index (χ4n) is 4.40.